The molecule has 1 fully saturated rings. The number of nitrogens with one attached hydrogen (secondary N) is 2. The van der Waals surface area contributed by atoms with E-state index in [1.165, 1.54) is 19.0 Å². The molecule has 1 saturated carbocycles. The third kappa shape index (κ3) is 3.48. The Bertz CT molecular complexity index is 778. The van der Waals surface area contributed by atoms with Gasteiger partial charge in [0.15, 0.2) is 0 Å². The number of aromatic amines is 1. The Morgan fingerprint density at radius 2 is 2.09 bits per heavy atom. The number of aromatic nitrogens is 1. The van der Waals surface area contributed by atoms with E-state index >= 15 is 0 Å². The number of sulfonamides is 1. The zero-order chi connectivity index (χ0) is 15.6. The van der Waals surface area contributed by atoms with E-state index in [2.05, 4.69) is 9.71 Å². The summed E-state index contributed by atoms with van der Waals surface area (Å²) in [4.78, 5) is 14.7. The molecule has 0 unspecified atom stereocenters. The molecule has 2 aromatic rings. The molecular weight excluding hydrogens is 304 g/mol. The Balaban J connectivity index is 1.61. The van der Waals surface area contributed by atoms with E-state index in [1.54, 1.807) is 18.2 Å². The molecule has 0 radical (unpaired) electrons. The van der Waals surface area contributed by atoms with Gasteiger partial charge in [-0.25, -0.2) is 13.1 Å². The van der Waals surface area contributed by atoms with Crippen molar-refractivity contribution in [1.29, 1.82) is 0 Å². The summed E-state index contributed by atoms with van der Waals surface area (Å²) in [5.74, 6) is 0.0686. The third-order valence-electron chi connectivity index (χ3n) is 3.61. The van der Waals surface area contributed by atoms with E-state index in [1.807, 2.05) is 6.07 Å². The van der Waals surface area contributed by atoms with Gasteiger partial charge >= 0.3 is 0 Å². The van der Waals surface area contributed by atoms with Crippen LogP contribution in [0.25, 0.3) is 10.9 Å². The molecule has 1 aliphatic rings. The van der Waals surface area contributed by atoms with Crippen molar-refractivity contribution in [2.24, 2.45) is 5.92 Å². The molecule has 1 aliphatic carbocycles. The fraction of sp³-hybridized carbons (Fsp3) is 0.400. The summed E-state index contributed by atoms with van der Waals surface area (Å²) in [6.45, 7) is 0.897. The van der Waals surface area contributed by atoms with Gasteiger partial charge in [-0.05, 0) is 24.8 Å². The van der Waals surface area contributed by atoms with Crippen LogP contribution in [0.2, 0.25) is 0 Å². The lowest BCUT2D eigenvalue weighted by molar-refractivity contribution is -0.120. The minimum Gasteiger partial charge on any atom is -0.381 e. The molecule has 0 aliphatic heterocycles. The molecule has 6 nitrogen and oxygen atoms in total. The Morgan fingerprint density at radius 1 is 1.32 bits per heavy atom. The van der Waals surface area contributed by atoms with Crippen LogP contribution in [0.5, 0.6) is 0 Å². The molecule has 1 heterocycles. The molecule has 7 heteroatoms. The Hall–Kier alpha value is -1.86. The van der Waals surface area contributed by atoms with E-state index in [0.717, 1.165) is 0 Å². The number of carbonyl (C=O) groups is 1. The minimum absolute atomic E-state index is 0.0360. The highest BCUT2D eigenvalue weighted by Crippen LogP contribution is 2.28. The van der Waals surface area contributed by atoms with Gasteiger partial charge in [-0.3, -0.25) is 4.79 Å². The van der Waals surface area contributed by atoms with Crippen LogP contribution in [0.1, 0.15) is 19.3 Å². The highest BCUT2D eigenvalue weighted by molar-refractivity contribution is 7.90. The van der Waals surface area contributed by atoms with E-state index < -0.39 is 15.9 Å². The molecule has 0 saturated heterocycles. The van der Waals surface area contributed by atoms with Crippen LogP contribution in [0.4, 0.5) is 0 Å². The quantitative estimate of drug-likeness (QED) is 0.761. The fourth-order valence-electron chi connectivity index (χ4n) is 2.22. The number of para-hydroxylation sites is 1. The number of fused-ring (bicyclic) bond motifs is 1. The number of carbonyl (C=O) groups excluding carboxylic acids is 1. The number of hydrogen-bond acceptors (Lipinski definition) is 4. The smallest absolute Gasteiger partial charge is 0.266 e. The molecule has 3 rings (SSSR count). The average Bonchev–Trinajstić information content (AvgIpc) is 3.19. The first kappa shape index (κ1) is 15.1. The number of amides is 1. The van der Waals surface area contributed by atoms with Crippen LogP contribution in [-0.4, -0.2) is 32.5 Å². The lowest BCUT2D eigenvalue weighted by Crippen LogP contribution is -2.31. The molecule has 0 spiro atoms. The number of benzene rings is 1. The van der Waals surface area contributed by atoms with Crippen LogP contribution in [0.15, 0.2) is 35.4 Å². The fourth-order valence-corrected chi connectivity index (χ4v) is 3.42. The van der Waals surface area contributed by atoms with Crippen molar-refractivity contribution in [3.8, 4) is 0 Å². The van der Waals surface area contributed by atoms with Crippen molar-refractivity contribution < 1.29 is 17.9 Å². The standard InChI is InChI=1S/C15H18N2O4S/c18-15(7-8-21-10-11-5-6-11)17-22(19,20)14-9-16-13-4-2-1-3-12(13)14/h1-4,9,11,16H,5-8,10H2,(H,17,18). The highest BCUT2D eigenvalue weighted by atomic mass is 32.2. The number of H-pyrrole nitrogens is 1. The summed E-state index contributed by atoms with van der Waals surface area (Å²) >= 11 is 0. The molecule has 22 heavy (non-hydrogen) atoms. The first-order valence-electron chi connectivity index (χ1n) is 7.26. The molecule has 0 bridgehead atoms. The van der Waals surface area contributed by atoms with Gasteiger partial charge in [0.05, 0.1) is 13.0 Å². The number of hydrogen-bond donors (Lipinski definition) is 2. The van der Waals surface area contributed by atoms with Crippen molar-refractivity contribution in [3.05, 3.63) is 30.5 Å². The minimum atomic E-state index is -3.87. The largest absolute Gasteiger partial charge is 0.381 e. The summed E-state index contributed by atoms with van der Waals surface area (Å²) in [5.41, 5.74) is 0.711. The van der Waals surface area contributed by atoms with Crippen LogP contribution in [-0.2, 0) is 19.6 Å². The Labute approximate surface area is 128 Å². The van der Waals surface area contributed by atoms with Crippen LogP contribution >= 0.6 is 0 Å². The summed E-state index contributed by atoms with van der Waals surface area (Å²) in [6, 6.07) is 7.04. The summed E-state index contributed by atoms with van der Waals surface area (Å²) < 4.78 is 32.0. The maximum atomic E-state index is 12.3. The number of ether oxygens (including phenoxy) is 1. The van der Waals surface area contributed by atoms with E-state index in [4.69, 9.17) is 4.74 Å². The van der Waals surface area contributed by atoms with Gasteiger partial charge in [0.25, 0.3) is 10.0 Å². The van der Waals surface area contributed by atoms with Crippen molar-refractivity contribution in [2.45, 2.75) is 24.2 Å². The van der Waals surface area contributed by atoms with Gasteiger partial charge in [-0.2, -0.15) is 0 Å². The molecule has 1 aromatic carbocycles. The third-order valence-corrected chi connectivity index (χ3v) is 5.03. The Kier molecular flexibility index (Phi) is 4.17. The first-order valence-corrected chi connectivity index (χ1v) is 8.74. The van der Waals surface area contributed by atoms with Crippen molar-refractivity contribution in [3.63, 3.8) is 0 Å². The van der Waals surface area contributed by atoms with Crippen molar-refractivity contribution >= 4 is 26.8 Å². The van der Waals surface area contributed by atoms with Gasteiger partial charge in [-0.15, -0.1) is 0 Å². The molecule has 1 amide bonds. The number of rotatable bonds is 7. The predicted octanol–water partition coefficient (Wildman–Crippen LogP) is 1.79. The topological polar surface area (TPSA) is 88.3 Å². The van der Waals surface area contributed by atoms with E-state index in [9.17, 15) is 13.2 Å². The molecule has 118 valence electrons. The second-order valence-corrected chi connectivity index (χ2v) is 7.15. The average molecular weight is 322 g/mol. The second kappa shape index (κ2) is 6.10. The summed E-state index contributed by atoms with van der Waals surface area (Å²) in [7, 11) is -3.87. The molecule has 2 N–H and O–H groups in total. The zero-order valence-corrected chi connectivity index (χ0v) is 12.9. The zero-order valence-electron chi connectivity index (χ0n) is 12.0. The normalized spacial score (nSPS) is 15.1. The SMILES string of the molecule is O=C(CCOCC1CC1)NS(=O)(=O)c1c[nH]c2ccccc12. The predicted molar refractivity (Wildman–Crippen MR) is 81.8 cm³/mol. The van der Waals surface area contributed by atoms with Gasteiger partial charge < -0.3 is 9.72 Å². The van der Waals surface area contributed by atoms with Crippen molar-refractivity contribution in [1.82, 2.24) is 9.71 Å². The molecule has 0 atom stereocenters. The summed E-state index contributed by atoms with van der Waals surface area (Å²) in [5, 5.41) is 0.563. The van der Waals surface area contributed by atoms with Gasteiger partial charge in [0.2, 0.25) is 5.91 Å². The lowest BCUT2D eigenvalue weighted by Gasteiger charge is -2.06. The van der Waals surface area contributed by atoms with Gasteiger partial charge in [-0.1, -0.05) is 18.2 Å². The van der Waals surface area contributed by atoms with Crippen LogP contribution in [0.3, 0.4) is 0 Å². The molecule has 1 aromatic heterocycles. The second-order valence-electron chi connectivity index (χ2n) is 5.50. The molecular formula is C15H18N2O4S. The lowest BCUT2D eigenvalue weighted by atomic mass is 10.2. The van der Waals surface area contributed by atoms with Crippen LogP contribution < -0.4 is 4.72 Å². The van der Waals surface area contributed by atoms with Gasteiger partial charge in [0.1, 0.15) is 4.90 Å². The Morgan fingerprint density at radius 3 is 2.86 bits per heavy atom. The van der Waals surface area contributed by atoms with E-state index in [0.29, 0.717) is 23.4 Å². The highest BCUT2D eigenvalue weighted by Gasteiger charge is 2.23. The maximum Gasteiger partial charge on any atom is 0.266 e. The monoisotopic (exact) mass is 322 g/mol. The first-order chi connectivity index (χ1) is 10.6. The van der Waals surface area contributed by atoms with Crippen LogP contribution in [0, 0.1) is 5.92 Å². The summed E-state index contributed by atoms with van der Waals surface area (Å²) in [6.07, 6.45) is 3.79. The van der Waals surface area contributed by atoms with E-state index in [-0.39, 0.29) is 17.9 Å². The van der Waals surface area contributed by atoms with Crippen molar-refractivity contribution in [2.75, 3.05) is 13.2 Å². The van der Waals surface area contributed by atoms with Gasteiger partial charge in [0, 0.05) is 23.7 Å². The maximum absolute atomic E-state index is 12.3.